The quantitative estimate of drug-likeness (QED) is 0.399. The second kappa shape index (κ2) is 11.5. The lowest BCUT2D eigenvalue weighted by Crippen LogP contribution is -2.24. The van der Waals surface area contributed by atoms with Gasteiger partial charge in [-0.3, -0.25) is 4.55 Å². The summed E-state index contributed by atoms with van der Waals surface area (Å²) in [5.74, 6) is 0. The van der Waals surface area contributed by atoms with E-state index in [2.05, 4.69) is 6.92 Å². The molecule has 2 N–H and O–H groups in total. The van der Waals surface area contributed by atoms with E-state index in [1.54, 1.807) is 6.92 Å². The van der Waals surface area contributed by atoms with Gasteiger partial charge in [-0.25, -0.2) is 0 Å². The van der Waals surface area contributed by atoms with Crippen LogP contribution in [0.4, 0.5) is 0 Å². The Morgan fingerprint density at radius 2 is 1.35 bits per heavy atom. The fraction of sp³-hybridized carbons (Fsp3) is 1.00. The lowest BCUT2D eigenvalue weighted by molar-refractivity contribution is 0.179. The third-order valence-electron chi connectivity index (χ3n) is 3.65. The van der Waals surface area contributed by atoms with E-state index in [1.807, 2.05) is 0 Å². The minimum atomic E-state index is -4.03. The van der Waals surface area contributed by atoms with Crippen LogP contribution in [-0.2, 0) is 10.1 Å². The highest BCUT2D eigenvalue weighted by Gasteiger charge is 2.23. The van der Waals surface area contributed by atoms with Crippen molar-refractivity contribution in [2.45, 2.75) is 95.8 Å². The summed E-state index contributed by atoms with van der Waals surface area (Å²) in [4.78, 5) is 0. The predicted molar refractivity (Wildman–Crippen MR) is 83.5 cm³/mol. The molecule has 2 atom stereocenters. The molecule has 2 unspecified atom stereocenters. The van der Waals surface area contributed by atoms with Gasteiger partial charge in [0, 0.05) is 0 Å². The fourth-order valence-electron chi connectivity index (χ4n) is 2.45. The summed E-state index contributed by atoms with van der Waals surface area (Å²) in [6.07, 6.45) is 10.4. The molecule has 0 aromatic carbocycles. The van der Waals surface area contributed by atoms with Crippen LogP contribution in [0.25, 0.3) is 0 Å². The van der Waals surface area contributed by atoms with Crippen molar-refractivity contribution in [3.63, 3.8) is 0 Å². The molecule has 0 aliphatic carbocycles. The SMILES string of the molecule is CCCCCCCCCCCC(CC(C)O)S(=O)(=O)O. The van der Waals surface area contributed by atoms with Crippen molar-refractivity contribution in [1.29, 1.82) is 0 Å². The van der Waals surface area contributed by atoms with E-state index in [9.17, 15) is 13.5 Å². The normalized spacial score (nSPS) is 15.2. The Hall–Kier alpha value is -0.130. The van der Waals surface area contributed by atoms with Gasteiger partial charge in [0.25, 0.3) is 10.1 Å². The minimum Gasteiger partial charge on any atom is -0.393 e. The van der Waals surface area contributed by atoms with Gasteiger partial charge in [-0.2, -0.15) is 8.42 Å². The second-order valence-corrected chi connectivity index (χ2v) is 7.54. The van der Waals surface area contributed by atoms with Gasteiger partial charge in [0.1, 0.15) is 0 Å². The Kier molecular flexibility index (Phi) is 11.4. The van der Waals surface area contributed by atoms with Crippen LogP contribution in [0.5, 0.6) is 0 Å². The Labute approximate surface area is 124 Å². The molecule has 0 fully saturated rings. The number of aliphatic hydroxyl groups excluding tert-OH is 1. The van der Waals surface area contributed by atoms with Crippen molar-refractivity contribution in [2.24, 2.45) is 0 Å². The van der Waals surface area contributed by atoms with E-state index in [0.29, 0.717) is 6.42 Å². The lowest BCUT2D eigenvalue weighted by Gasteiger charge is -2.15. The Balaban J connectivity index is 3.64. The van der Waals surface area contributed by atoms with Gasteiger partial charge >= 0.3 is 0 Å². The topological polar surface area (TPSA) is 74.6 Å². The summed E-state index contributed by atoms with van der Waals surface area (Å²) in [7, 11) is -4.03. The van der Waals surface area contributed by atoms with Crippen LogP contribution in [0.2, 0.25) is 0 Å². The van der Waals surface area contributed by atoms with Crippen LogP contribution in [-0.4, -0.2) is 29.4 Å². The smallest absolute Gasteiger partial charge is 0.267 e. The lowest BCUT2D eigenvalue weighted by atomic mass is 10.0. The Bertz CT molecular complexity index is 312. The molecule has 122 valence electrons. The molecule has 0 aromatic rings. The van der Waals surface area contributed by atoms with Crippen LogP contribution < -0.4 is 0 Å². The second-order valence-electron chi connectivity index (χ2n) is 5.84. The molecule has 5 heteroatoms. The maximum Gasteiger partial charge on any atom is 0.267 e. The molecule has 0 radical (unpaired) electrons. The van der Waals surface area contributed by atoms with E-state index in [0.717, 1.165) is 19.3 Å². The summed E-state index contributed by atoms with van der Waals surface area (Å²) in [6, 6.07) is 0. The number of hydrogen-bond donors (Lipinski definition) is 2. The summed E-state index contributed by atoms with van der Waals surface area (Å²) >= 11 is 0. The first-order valence-corrected chi connectivity index (χ1v) is 9.52. The van der Waals surface area contributed by atoms with Crippen molar-refractivity contribution >= 4 is 10.1 Å². The molecule has 0 heterocycles. The average molecular weight is 308 g/mol. The van der Waals surface area contributed by atoms with Gasteiger partial charge in [-0.15, -0.1) is 0 Å². The molecule has 0 aromatic heterocycles. The summed E-state index contributed by atoms with van der Waals surface area (Å²) in [5.41, 5.74) is 0. The average Bonchev–Trinajstić information content (AvgIpc) is 2.33. The molecule has 4 nitrogen and oxygen atoms in total. The highest BCUT2D eigenvalue weighted by Crippen LogP contribution is 2.17. The third kappa shape index (κ3) is 11.7. The Morgan fingerprint density at radius 3 is 1.75 bits per heavy atom. The van der Waals surface area contributed by atoms with E-state index >= 15 is 0 Å². The molecule has 0 aliphatic heterocycles. The van der Waals surface area contributed by atoms with Crippen molar-refractivity contribution in [3.8, 4) is 0 Å². The van der Waals surface area contributed by atoms with Crippen molar-refractivity contribution < 1.29 is 18.1 Å². The first-order chi connectivity index (χ1) is 9.38. The van der Waals surface area contributed by atoms with Gasteiger partial charge in [-0.05, 0) is 19.8 Å². The molecular weight excluding hydrogens is 276 g/mol. The number of aliphatic hydroxyl groups is 1. The molecular formula is C15H32O4S. The van der Waals surface area contributed by atoms with Gasteiger partial charge < -0.3 is 5.11 Å². The van der Waals surface area contributed by atoms with E-state index in [1.165, 1.54) is 38.5 Å². The van der Waals surface area contributed by atoms with Crippen molar-refractivity contribution in [3.05, 3.63) is 0 Å². The molecule has 0 aliphatic rings. The van der Waals surface area contributed by atoms with E-state index in [-0.39, 0.29) is 6.42 Å². The molecule has 0 saturated heterocycles. The number of hydrogen-bond acceptors (Lipinski definition) is 3. The molecule has 0 spiro atoms. The van der Waals surface area contributed by atoms with Gasteiger partial charge in [0.2, 0.25) is 0 Å². The maximum atomic E-state index is 11.2. The minimum absolute atomic E-state index is 0.121. The molecule has 20 heavy (non-hydrogen) atoms. The summed E-state index contributed by atoms with van der Waals surface area (Å²) in [5, 5.41) is 8.44. The first-order valence-electron chi connectivity index (χ1n) is 8.02. The summed E-state index contributed by atoms with van der Waals surface area (Å²) < 4.78 is 31.5. The van der Waals surface area contributed by atoms with E-state index < -0.39 is 21.5 Å². The van der Waals surface area contributed by atoms with Crippen LogP contribution in [0.3, 0.4) is 0 Å². The van der Waals surface area contributed by atoms with Gasteiger partial charge in [0.15, 0.2) is 0 Å². The zero-order chi connectivity index (χ0) is 15.4. The van der Waals surface area contributed by atoms with Crippen LogP contribution >= 0.6 is 0 Å². The maximum absolute atomic E-state index is 11.2. The monoisotopic (exact) mass is 308 g/mol. The van der Waals surface area contributed by atoms with Crippen LogP contribution in [0.1, 0.15) is 84.5 Å². The molecule has 0 saturated carbocycles. The summed E-state index contributed by atoms with van der Waals surface area (Å²) in [6.45, 7) is 3.76. The predicted octanol–water partition coefficient (Wildman–Crippen LogP) is 3.93. The molecule has 0 rings (SSSR count). The standard InChI is InChI=1S/C15H32O4S/c1-3-4-5-6-7-8-9-10-11-12-15(13-14(2)16)20(17,18)19/h14-16H,3-13H2,1-2H3,(H,17,18,19). The zero-order valence-electron chi connectivity index (χ0n) is 13.1. The fourth-order valence-corrected chi connectivity index (χ4v) is 3.44. The van der Waals surface area contributed by atoms with Crippen molar-refractivity contribution in [1.82, 2.24) is 0 Å². The molecule has 0 amide bonds. The zero-order valence-corrected chi connectivity index (χ0v) is 13.9. The molecule has 0 bridgehead atoms. The Morgan fingerprint density at radius 1 is 0.900 bits per heavy atom. The number of rotatable bonds is 13. The largest absolute Gasteiger partial charge is 0.393 e. The first kappa shape index (κ1) is 19.9. The third-order valence-corrected chi connectivity index (χ3v) is 4.93. The van der Waals surface area contributed by atoms with Crippen molar-refractivity contribution in [2.75, 3.05) is 0 Å². The van der Waals surface area contributed by atoms with Crippen LogP contribution in [0, 0.1) is 0 Å². The van der Waals surface area contributed by atoms with Crippen LogP contribution in [0.15, 0.2) is 0 Å². The highest BCUT2D eigenvalue weighted by atomic mass is 32.2. The van der Waals surface area contributed by atoms with E-state index in [4.69, 9.17) is 4.55 Å². The van der Waals surface area contributed by atoms with Gasteiger partial charge in [-0.1, -0.05) is 64.7 Å². The highest BCUT2D eigenvalue weighted by molar-refractivity contribution is 7.86. The van der Waals surface area contributed by atoms with Gasteiger partial charge in [0.05, 0.1) is 11.4 Å². The number of unbranched alkanes of at least 4 members (excludes halogenated alkanes) is 8.